The van der Waals surface area contributed by atoms with E-state index in [1.807, 2.05) is 52.9 Å². The quantitative estimate of drug-likeness (QED) is 0.709. The topological polar surface area (TPSA) is 64.2 Å². The minimum atomic E-state index is -0.521. The van der Waals surface area contributed by atoms with Crippen molar-refractivity contribution in [2.45, 2.75) is 26.2 Å². The third-order valence-corrected chi connectivity index (χ3v) is 7.56. The highest BCUT2D eigenvalue weighted by Gasteiger charge is 2.65. The number of carbonyl (C=O) groups excluding carboxylic acids is 3. The third-order valence-electron chi connectivity index (χ3n) is 7.56. The lowest BCUT2D eigenvalue weighted by Crippen LogP contribution is -2.53. The van der Waals surface area contributed by atoms with Gasteiger partial charge in [-0.1, -0.05) is 17.7 Å². The first kappa shape index (κ1) is 20.7. The molecule has 3 saturated heterocycles. The fraction of sp³-hybridized carbons (Fsp3) is 0.609. The predicted molar refractivity (Wildman–Crippen MR) is 114 cm³/mol. The van der Waals surface area contributed by atoms with Crippen molar-refractivity contribution in [1.82, 2.24) is 19.6 Å². The van der Waals surface area contributed by atoms with E-state index < -0.39 is 5.41 Å². The zero-order valence-electron chi connectivity index (χ0n) is 18.5. The summed E-state index contributed by atoms with van der Waals surface area (Å²) in [4.78, 5) is 46.2. The lowest BCUT2D eigenvalue weighted by molar-refractivity contribution is -0.141. The van der Waals surface area contributed by atoms with Crippen molar-refractivity contribution < 1.29 is 14.4 Å². The van der Waals surface area contributed by atoms with Gasteiger partial charge >= 0.3 is 6.03 Å². The van der Waals surface area contributed by atoms with Crippen LogP contribution in [-0.4, -0.2) is 91.3 Å². The van der Waals surface area contributed by atoms with Crippen molar-refractivity contribution in [1.29, 1.82) is 0 Å². The maximum atomic E-state index is 13.3. The molecule has 1 aromatic carbocycles. The van der Waals surface area contributed by atoms with E-state index in [1.165, 1.54) is 0 Å². The molecule has 3 heterocycles. The molecule has 30 heavy (non-hydrogen) atoms. The van der Waals surface area contributed by atoms with Gasteiger partial charge in [0.1, 0.15) is 0 Å². The number of piperidine rings is 1. The van der Waals surface area contributed by atoms with Gasteiger partial charge in [0, 0.05) is 64.8 Å². The van der Waals surface area contributed by atoms with Gasteiger partial charge in [0.2, 0.25) is 5.91 Å². The zero-order chi connectivity index (χ0) is 21.7. The Morgan fingerprint density at radius 1 is 0.933 bits per heavy atom. The molecule has 4 rings (SSSR count). The third kappa shape index (κ3) is 3.06. The van der Waals surface area contributed by atoms with Crippen molar-refractivity contribution in [2.75, 3.05) is 53.9 Å². The first-order valence-corrected chi connectivity index (χ1v) is 10.8. The number of hydrogen-bond acceptors (Lipinski definition) is 3. The second kappa shape index (κ2) is 7.29. The van der Waals surface area contributed by atoms with Gasteiger partial charge in [-0.3, -0.25) is 9.59 Å². The Kier molecular flexibility index (Phi) is 5.03. The number of fused-ring (bicyclic) bond motifs is 1. The maximum Gasteiger partial charge on any atom is 0.319 e. The molecule has 7 nitrogen and oxygen atoms in total. The number of amides is 4. The predicted octanol–water partition coefficient (Wildman–Crippen LogP) is 2.06. The molecular formula is C23H32N4O3. The minimum absolute atomic E-state index is 0.0354. The van der Waals surface area contributed by atoms with Crippen LogP contribution in [0.25, 0.3) is 0 Å². The molecule has 3 fully saturated rings. The van der Waals surface area contributed by atoms with Crippen LogP contribution in [0.5, 0.6) is 0 Å². The van der Waals surface area contributed by atoms with Gasteiger partial charge in [-0.15, -0.1) is 0 Å². The summed E-state index contributed by atoms with van der Waals surface area (Å²) in [6.07, 6.45) is 2.29. The summed E-state index contributed by atoms with van der Waals surface area (Å²) in [7, 11) is 5.37. The summed E-state index contributed by atoms with van der Waals surface area (Å²) in [5.74, 6) is 0.211. The average Bonchev–Trinajstić information content (AvgIpc) is 3.21. The van der Waals surface area contributed by atoms with Crippen LogP contribution in [0.15, 0.2) is 24.3 Å². The summed E-state index contributed by atoms with van der Waals surface area (Å²) in [5, 5.41) is 0. The van der Waals surface area contributed by atoms with Gasteiger partial charge in [0.15, 0.2) is 0 Å². The van der Waals surface area contributed by atoms with Gasteiger partial charge in [-0.05, 0) is 38.3 Å². The highest BCUT2D eigenvalue weighted by molar-refractivity contribution is 5.94. The van der Waals surface area contributed by atoms with Crippen molar-refractivity contribution >= 4 is 17.8 Å². The van der Waals surface area contributed by atoms with Crippen LogP contribution in [0.4, 0.5) is 4.79 Å². The molecule has 3 aliphatic heterocycles. The molecule has 0 radical (unpaired) electrons. The fourth-order valence-corrected chi connectivity index (χ4v) is 5.71. The lowest BCUT2D eigenvalue weighted by atomic mass is 9.60. The Hall–Kier alpha value is -2.57. The van der Waals surface area contributed by atoms with E-state index in [0.29, 0.717) is 31.7 Å². The van der Waals surface area contributed by atoms with E-state index in [4.69, 9.17) is 0 Å². The normalized spacial score (nSPS) is 25.5. The van der Waals surface area contributed by atoms with Crippen LogP contribution < -0.4 is 0 Å². The van der Waals surface area contributed by atoms with Crippen molar-refractivity contribution in [2.24, 2.45) is 10.8 Å². The standard InChI is InChI=1S/C23H32N4O3/c1-17-5-7-18(8-6-17)19(28)26-13-9-22(10-14-26)15-27(21(30)24(2)3)16-23(22)11-12-25(4)20(23)29/h5-8H,9-16H2,1-4H3. The van der Waals surface area contributed by atoms with E-state index in [9.17, 15) is 14.4 Å². The Bertz CT molecular complexity index is 858. The Labute approximate surface area is 178 Å². The van der Waals surface area contributed by atoms with Crippen LogP contribution >= 0.6 is 0 Å². The molecule has 2 spiro atoms. The maximum absolute atomic E-state index is 13.3. The number of benzene rings is 1. The average molecular weight is 413 g/mol. The molecule has 4 amide bonds. The summed E-state index contributed by atoms with van der Waals surface area (Å²) in [6.45, 7) is 5.06. The SMILES string of the molecule is Cc1ccc(C(=O)N2CCC3(CC2)CN(C(=O)N(C)C)CC32CCN(C)C2=O)cc1. The smallest absolute Gasteiger partial charge is 0.319 e. The van der Waals surface area contributed by atoms with Crippen molar-refractivity contribution in [3.63, 3.8) is 0 Å². The molecule has 1 unspecified atom stereocenters. The first-order chi connectivity index (χ1) is 14.2. The summed E-state index contributed by atoms with van der Waals surface area (Å²) >= 11 is 0. The number of rotatable bonds is 1. The van der Waals surface area contributed by atoms with Crippen molar-refractivity contribution in [3.8, 4) is 0 Å². The Morgan fingerprint density at radius 2 is 1.57 bits per heavy atom. The van der Waals surface area contributed by atoms with E-state index in [1.54, 1.807) is 19.0 Å². The minimum Gasteiger partial charge on any atom is -0.345 e. The Balaban J connectivity index is 1.56. The van der Waals surface area contributed by atoms with Gasteiger partial charge in [0.25, 0.3) is 5.91 Å². The summed E-state index contributed by atoms with van der Waals surface area (Å²) < 4.78 is 0. The van der Waals surface area contributed by atoms with Gasteiger partial charge in [0.05, 0.1) is 5.41 Å². The molecule has 1 aromatic rings. The van der Waals surface area contributed by atoms with Crippen molar-refractivity contribution in [3.05, 3.63) is 35.4 Å². The number of nitrogens with zero attached hydrogens (tertiary/aromatic N) is 4. The second-order valence-electron chi connectivity index (χ2n) is 9.53. The van der Waals surface area contributed by atoms with E-state index >= 15 is 0 Å². The summed E-state index contributed by atoms with van der Waals surface area (Å²) in [5.41, 5.74) is 1.06. The van der Waals surface area contributed by atoms with E-state index in [0.717, 1.165) is 31.4 Å². The Morgan fingerprint density at radius 3 is 2.10 bits per heavy atom. The number of urea groups is 1. The van der Waals surface area contributed by atoms with E-state index in [2.05, 4.69) is 0 Å². The summed E-state index contributed by atoms with van der Waals surface area (Å²) in [6, 6.07) is 7.65. The van der Waals surface area contributed by atoms with Gasteiger partial charge in [-0.25, -0.2) is 4.79 Å². The molecule has 7 heteroatoms. The molecular weight excluding hydrogens is 380 g/mol. The molecule has 0 N–H and O–H groups in total. The number of hydrogen-bond donors (Lipinski definition) is 0. The highest BCUT2D eigenvalue weighted by Crippen LogP contribution is 2.57. The fourth-order valence-electron chi connectivity index (χ4n) is 5.71. The molecule has 0 saturated carbocycles. The molecule has 0 bridgehead atoms. The largest absolute Gasteiger partial charge is 0.345 e. The van der Waals surface area contributed by atoms with Crippen LogP contribution in [-0.2, 0) is 4.79 Å². The van der Waals surface area contributed by atoms with E-state index in [-0.39, 0.29) is 23.3 Å². The molecule has 0 aliphatic carbocycles. The number of carbonyl (C=O) groups is 3. The first-order valence-electron chi connectivity index (χ1n) is 10.8. The zero-order valence-corrected chi connectivity index (χ0v) is 18.5. The molecule has 3 aliphatic rings. The van der Waals surface area contributed by atoms with Gasteiger partial charge < -0.3 is 19.6 Å². The van der Waals surface area contributed by atoms with Crippen LogP contribution in [0.3, 0.4) is 0 Å². The lowest BCUT2D eigenvalue weighted by Gasteiger charge is -2.46. The van der Waals surface area contributed by atoms with Gasteiger partial charge in [-0.2, -0.15) is 0 Å². The molecule has 0 aromatic heterocycles. The number of likely N-dealkylation sites (tertiary alicyclic amines) is 3. The van der Waals surface area contributed by atoms with Crippen LogP contribution in [0.2, 0.25) is 0 Å². The second-order valence-corrected chi connectivity index (χ2v) is 9.53. The molecule has 162 valence electrons. The highest BCUT2D eigenvalue weighted by atomic mass is 16.2. The number of aryl methyl sites for hydroxylation is 1. The molecule has 1 atom stereocenters. The van der Waals surface area contributed by atoms with Crippen LogP contribution in [0.1, 0.15) is 35.2 Å². The van der Waals surface area contributed by atoms with Crippen LogP contribution in [0, 0.1) is 17.8 Å². The monoisotopic (exact) mass is 412 g/mol.